The van der Waals surface area contributed by atoms with E-state index in [1.54, 1.807) is 11.8 Å². The van der Waals surface area contributed by atoms with Crippen LogP contribution in [0.25, 0.3) is 10.9 Å². The predicted octanol–water partition coefficient (Wildman–Crippen LogP) is 5.50. The van der Waals surface area contributed by atoms with Crippen molar-refractivity contribution >= 4 is 40.2 Å². The molecule has 0 aliphatic carbocycles. The van der Waals surface area contributed by atoms with Crippen molar-refractivity contribution in [2.24, 2.45) is 0 Å². The fourth-order valence-corrected chi connectivity index (χ4v) is 3.57. The third kappa shape index (κ3) is 3.60. The van der Waals surface area contributed by atoms with Gasteiger partial charge in [0.2, 0.25) is 0 Å². The minimum Gasteiger partial charge on any atom is -0.350 e. The molecule has 24 heavy (non-hydrogen) atoms. The number of hydrogen-bond donors (Lipinski definition) is 2. The molecule has 0 radical (unpaired) electrons. The van der Waals surface area contributed by atoms with Crippen LogP contribution in [0.15, 0.2) is 58.3 Å². The summed E-state index contributed by atoms with van der Waals surface area (Å²) in [4.78, 5) is 17.9. The third-order valence-electron chi connectivity index (χ3n) is 3.91. The number of para-hydroxylation sites is 1. The van der Waals surface area contributed by atoms with E-state index in [4.69, 9.17) is 11.6 Å². The highest BCUT2D eigenvalue weighted by Crippen LogP contribution is 2.37. The van der Waals surface area contributed by atoms with Crippen LogP contribution in [0.5, 0.6) is 0 Å². The van der Waals surface area contributed by atoms with Crippen molar-refractivity contribution in [1.29, 1.82) is 0 Å². The summed E-state index contributed by atoms with van der Waals surface area (Å²) in [7, 11) is 0. The SMILES string of the molecule is CC[C@@H](C)NC(=O)c1[nH]c2ccccc2c1Sc1ccc(Cl)cc1. The number of H-pyrrole nitrogens is 1. The van der Waals surface area contributed by atoms with Gasteiger partial charge in [-0.2, -0.15) is 0 Å². The van der Waals surface area contributed by atoms with Crippen molar-refractivity contribution < 1.29 is 4.79 Å². The van der Waals surface area contributed by atoms with E-state index < -0.39 is 0 Å². The van der Waals surface area contributed by atoms with E-state index in [0.29, 0.717) is 10.7 Å². The predicted molar refractivity (Wildman–Crippen MR) is 101 cm³/mol. The number of benzene rings is 2. The average Bonchev–Trinajstić information content (AvgIpc) is 2.95. The van der Waals surface area contributed by atoms with Crippen LogP contribution >= 0.6 is 23.4 Å². The highest BCUT2D eigenvalue weighted by molar-refractivity contribution is 7.99. The molecule has 2 aromatic carbocycles. The molecule has 0 unspecified atom stereocenters. The second kappa shape index (κ2) is 7.32. The van der Waals surface area contributed by atoms with Gasteiger partial charge in [-0.3, -0.25) is 4.79 Å². The Kier molecular flexibility index (Phi) is 5.17. The number of aromatic nitrogens is 1. The summed E-state index contributed by atoms with van der Waals surface area (Å²) >= 11 is 7.54. The van der Waals surface area contributed by atoms with Gasteiger partial charge in [0.05, 0.1) is 4.90 Å². The summed E-state index contributed by atoms with van der Waals surface area (Å²) in [6.45, 7) is 4.06. The highest BCUT2D eigenvalue weighted by Gasteiger charge is 2.19. The Morgan fingerprint density at radius 1 is 1.21 bits per heavy atom. The summed E-state index contributed by atoms with van der Waals surface area (Å²) < 4.78 is 0. The van der Waals surface area contributed by atoms with Gasteiger partial charge >= 0.3 is 0 Å². The molecule has 3 aromatic rings. The lowest BCUT2D eigenvalue weighted by Crippen LogP contribution is -2.32. The molecule has 3 nitrogen and oxygen atoms in total. The minimum absolute atomic E-state index is 0.0722. The van der Waals surface area contributed by atoms with Gasteiger partial charge in [-0.15, -0.1) is 0 Å². The van der Waals surface area contributed by atoms with Crippen LogP contribution in [0.1, 0.15) is 30.8 Å². The summed E-state index contributed by atoms with van der Waals surface area (Å²) in [6, 6.07) is 15.7. The maximum absolute atomic E-state index is 12.7. The second-order valence-corrected chi connectivity index (χ2v) is 7.23. The Morgan fingerprint density at radius 2 is 1.92 bits per heavy atom. The monoisotopic (exact) mass is 358 g/mol. The van der Waals surface area contributed by atoms with Gasteiger partial charge in [0, 0.05) is 26.9 Å². The zero-order chi connectivity index (χ0) is 17.1. The highest BCUT2D eigenvalue weighted by atomic mass is 35.5. The van der Waals surface area contributed by atoms with E-state index in [1.807, 2.05) is 55.5 Å². The van der Waals surface area contributed by atoms with Crippen molar-refractivity contribution in [2.45, 2.75) is 36.1 Å². The molecule has 3 rings (SSSR count). The first kappa shape index (κ1) is 16.9. The Bertz CT molecular complexity index is 857. The van der Waals surface area contributed by atoms with E-state index in [0.717, 1.165) is 27.1 Å². The lowest BCUT2D eigenvalue weighted by Gasteiger charge is -2.11. The van der Waals surface area contributed by atoms with Gasteiger partial charge < -0.3 is 10.3 Å². The number of fused-ring (bicyclic) bond motifs is 1. The number of hydrogen-bond acceptors (Lipinski definition) is 2. The van der Waals surface area contributed by atoms with Crippen molar-refractivity contribution in [3.63, 3.8) is 0 Å². The number of amides is 1. The molecule has 0 bridgehead atoms. The van der Waals surface area contributed by atoms with Gasteiger partial charge in [0.1, 0.15) is 5.69 Å². The third-order valence-corrected chi connectivity index (χ3v) is 5.30. The maximum atomic E-state index is 12.7. The lowest BCUT2D eigenvalue weighted by molar-refractivity contribution is 0.0932. The first-order valence-corrected chi connectivity index (χ1v) is 9.13. The number of carbonyl (C=O) groups is 1. The van der Waals surface area contributed by atoms with E-state index in [2.05, 4.69) is 17.2 Å². The molecule has 1 aromatic heterocycles. The summed E-state index contributed by atoms with van der Waals surface area (Å²) in [5.74, 6) is -0.0722. The first-order valence-electron chi connectivity index (χ1n) is 7.93. The largest absolute Gasteiger partial charge is 0.350 e. The molecule has 0 fully saturated rings. The molecule has 5 heteroatoms. The molecule has 2 N–H and O–H groups in total. The standard InChI is InChI=1S/C19H19ClN2OS/c1-3-12(2)21-19(23)17-18(15-6-4-5-7-16(15)22-17)24-14-10-8-13(20)9-11-14/h4-12,22H,3H2,1-2H3,(H,21,23)/t12-/m1/s1. The van der Waals surface area contributed by atoms with Crippen LogP contribution in [-0.2, 0) is 0 Å². The van der Waals surface area contributed by atoms with Gasteiger partial charge in [0.15, 0.2) is 0 Å². The average molecular weight is 359 g/mol. The number of aromatic amines is 1. The first-order chi connectivity index (χ1) is 11.6. The molecule has 1 heterocycles. The quantitative estimate of drug-likeness (QED) is 0.632. The molecule has 0 saturated carbocycles. The zero-order valence-electron chi connectivity index (χ0n) is 13.6. The van der Waals surface area contributed by atoms with Crippen molar-refractivity contribution in [3.8, 4) is 0 Å². The fraction of sp³-hybridized carbons (Fsp3) is 0.211. The summed E-state index contributed by atoms with van der Waals surface area (Å²) in [6.07, 6.45) is 0.894. The van der Waals surface area contributed by atoms with Crippen molar-refractivity contribution in [2.75, 3.05) is 0 Å². The van der Waals surface area contributed by atoms with E-state index in [1.165, 1.54) is 0 Å². The lowest BCUT2D eigenvalue weighted by atomic mass is 10.2. The number of carbonyl (C=O) groups excluding carboxylic acids is 1. The topological polar surface area (TPSA) is 44.9 Å². The maximum Gasteiger partial charge on any atom is 0.269 e. The Balaban J connectivity index is 2.01. The number of rotatable bonds is 5. The molecule has 1 atom stereocenters. The second-order valence-electron chi connectivity index (χ2n) is 5.71. The van der Waals surface area contributed by atoms with Crippen LogP contribution in [0.3, 0.4) is 0 Å². The van der Waals surface area contributed by atoms with E-state index in [9.17, 15) is 4.79 Å². The summed E-state index contributed by atoms with van der Waals surface area (Å²) in [5.41, 5.74) is 1.57. The Morgan fingerprint density at radius 3 is 2.62 bits per heavy atom. The van der Waals surface area contributed by atoms with Crippen molar-refractivity contribution in [3.05, 3.63) is 59.2 Å². The molecular weight excluding hydrogens is 340 g/mol. The molecule has 0 aliphatic rings. The molecule has 124 valence electrons. The smallest absolute Gasteiger partial charge is 0.269 e. The molecule has 0 saturated heterocycles. The van der Waals surface area contributed by atoms with Crippen LogP contribution < -0.4 is 5.32 Å². The molecule has 0 aliphatic heterocycles. The van der Waals surface area contributed by atoms with Crippen LogP contribution in [0.2, 0.25) is 5.02 Å². The van der Waals surface area contributed by atoms with Crippen LogP contribution in [-0.4, -0.2) is 16.9 Å². The zero-order valence-corrected chi connectivity index (χ0v) is 15.2. The van der Waals surface area contributed by atoms with Crippen LogP contribution in [0, 0.1) is 0 Å². The number of nitrogens with one attached hydrogen (secondary N) is 2. The Hall–Kier alpha value is -1.91. The van der Waals surface area contributed by atoms with Gasteiger partial charge in [-0.25, -0.2) is 0 Å². The summed E-state index contributed by atoms with van der Waals surface area (Å²) in [5, 5.41) is 4.79. The Labute approximate surface area is 150 Å². The fourth-order valence-electron chi connectivity index (χ4n) is 2.40. The van der Waals surface area contributed by atoms with Crippen LogP contribution in [0.4, 0.5) is 0 Å². The van der Waals surface area contributed by atoms with E-state index >= 15 is 0 Å². The minimum atomic E-state index is -0.0722. The number of halogens is 1. The van der Waals surface area contributed by atoms with E-state index in [-0.39, 0.29) is 11.9 Å². The van der Waals surface area contributed by atoms with Crippen molar-refractivity contribution in [1.82, 2.24) is 10.3 Å². The van der Waals surface area contributed by atoms with Gasteiger partial charge in [-0.1, -0.05) is 48.5 Å². The van der Waals surface area contributed by atoms with Gasteiger partial charge in [-0.05, 0) is 43.7 Å². The van der Waals surface area contributed by atoms with Gasteiger partial charge in [0.25, 0.3) is 5.91 Å². The molecule has 1 amide bonds. The molecular formula is C19H19ClN2OS. The normalized spacial score (nSPS) is 12.3. The molecule has 0 spiro atoms.